The Morgan fingerprint density at radius 2 is 1.80 bits per heavy atom. The number of carbonyl (C=O) groups is 1. The maximum Gasteiger partial charge on any atom is 0.226 e. The number of carbonyl (C=O) groups excluding carboxylic acids is 1. The summed E-state index contributed by atoms with van der Waals surface area (Å²) in [5, 5.41) is 8.76. The van der Waals surface area contributed by atoms with E-state index in [4.69, 9.17) is 4.98 Å². The maximum atomic E-state index is 13.9. The Hall–Kier alpha value is -4.19. The summed E-state index contributed by atoms with van der Waals surface area (Å²) < 4.78 is 15.8. The van der Waals surface area contributed by atoms with Gasteiger partial charge in [-0.05, 0) is 60.7 Å². The van der Waals surface area contributed by atoms with Gasteiger partial charge in [-0.2, -0.15) is 0 Å². The number of fused-ring (bicyclic) bond motifs is 2. The van der Waals surface area contributed by atoms with Gasteiger partial charge < -0.3 is 15.0 Å². The monoisotopic (exact) mass is 466 g/mol. The first-order chi connectivity index (χ1) is 17.0. The SMILES string of the molecule is Cc1ccc2nc(-c3ccc(F)c(C)c3)c(CC(=O)NCCNc3cccc4ccccc34)n2c1. The number of imidazole rings is 1. The summed E-state index contributed by atoms with van der Waals surface area (Å²) in [5.41, 5.74) is 5.70. The highest BCUT2D eigenvalue weighted by Gasteiger charge is 2.18. The lowest BCUT2D eigenvalue weighted by atomic mass is 10.1. The topological polar surface area (TPSA) is 58.4 Å². The van der Waals surface area contributed by atoms with Crippen LogP contribution in [0.1, 0.15) is 16.8 Å². The van der Waals surface area contributed by atoms with Crippen LogP contribution in [-0.2, 0) is 11.2 Å². The number of hydrogen-bond donors (Lipinski definition) is 2. The van der Waals surface area contributed by atoms with Crippen molar-refractivity contribution < 1.29 is 9.18 Å². The molecule has 0 saturated carbocycles. The fraction of sp³-hybridized carbons (Fsp3) is 0.172. The van der Waals surface area contributed by atoms with Gasteiger partial charge in [0, 0.05) is 35.9 Å². The molecule has 0 unspecified atom stereocenters. The van der Waals surface area contributed by atoms with Crippen molar-refractivity contribution in [1.29, 1.82) is 0 Å². The molecule has 0 aliphatic rings. The highest BCUT2D eigenvalue weighted by atomic mass is 19.1. The molecule has 0 radical (unpaired) electrons. The van der Waals surface area contributed by atoms with E-state index in [1.54, 1.807) is 19.1 Å². The van der Waals surface area contributed by atoms with E-state index in [0.717, 1.165) is 33.5 Å². The van der Waals surface area contributed by atoms with Crippen LogP contribution in [0.5, 0.6) is 0 Å². The lowest BCUT2D eigenvalue weighted by Gasteiger charge is -2.11. The first kappa shape index (κ1) is 22.6. The fourth-order valence-corrected chi connectivity index (χ4v) is 4.38. The molecule has 5 rings (SSSR count). The summed E-state index contributed by atoms with van der Waals surface area (Å²) in [7, 11) is 0. The summed E-state index contributed by atoms with van der Waals surface area (Å²) in [6, 6.07) is 23.2. The first-order valence-electron chi connectivity index (χ1n) is 11.7. The zero-order valence-electron chi connectivity index (χ0n) is 19.8. The molecule has 0 atom stereocenters. The molecule has 0 aliphatic carbocycles. The van der Waals surface area contributed by atoms with Crippen LogP contribution in [0.3, 0.4) is 0 Å². The van der Waals surface area contributed by atoms with Crippen LogP contribution in [0.2, 0.25) is 0 Å². The number of aryl methyl sites for hydroxylation is 2. The van der Waals surface area contributed by atoms with Gasteiger partial charge in [-0.1, -0.05) is 42.5 Å². The summed E-state index contributed by atoms with van der Waals surface area (Å²) in [6.07, 6.45) is 2.15. The third-order valence-electron chi connectivity index (χ3n) is 6.18. The third kappa shape index (κ3) is 4.73. The van der Waals surface area contributed by atoms with Gasteiger partial charge in [0.05, 0.1) is 17.8 Å². The van der Waals surface area contributed by atoms with E-state index >= 15 is 0 Å². The van der Waals surface area contributed by atoms with Crippen molar-refractivity contribution in [2.24, 2.45) is 0 Å². The zero-order valence-corrected chi connectivity index (χ0v) is 19.8. The van der Waals surface area contributed by atoms with E-state index in [-0.39, 0.29) is 18.1 Å². The van der Waals surface area contributed by atoms with Crippen molar-refractivity contribution >= 4 is 28.0 Å². The molecule has 0 aliphatic heterocycles. The normalized spacial score (nSPS) is 11.2. The van der Waals surface area contributed by atoms with Crippen molar-refractivity contribution in [2.45, 2.75) is 20.3 Å². The Morgan fingerprint density at radius 1 is 0.971 bits per heavy atom. The predicted molar refractivity (Wildman–Crippen MR) is 139 cm³/mol. The van der Waals surface area contributed by atoms with Crippen LogP contribution in [-0.4, -0.2) is 28.4 Å². The standard InChI is InChI=1S/C29H27FN4O/c1-19-10-13-27-33-29(22-11-12-24(30)20(2)16-22)26(34(27)18-19)17-28(35)32-15-14-31-25-9-5-7-21-6-3-4-8-23(21)25/h3-13,16,18,31H,14-15,17H2,1-2H3,(H,32,35). The molecule has 5 nitrogen and oxygen atoms in total. The van der Waals surface area contributed by atoms with Gasteiger partial charge >= 0.3 is 0 Å². The van der Waals surface area contributed by atoms with Crippen LogP contribution in [0.4, 0.5) is 10.1 Å². The quantitative estimate of drug-likeness (QED) is 0.303. The van der Waals surface area contributed by atoms with Gasteiger partial charge in [0.2, 0.25) is 5.91 Å². The van der Waals surface area contributed by atoms with Gasteiger partial charge in [0.1, 0.15) is 11.5 Å². The molecule has 2 aromatic heterocycles. The number of nitrogens with one attached hydrogen (secondary N) is 2. The Labute approximate surface area is 203 Å². The molecule has 6 heteroatoms. The summed E-state index contributed by atoms with van der Waals surface area (Å²) in [4.78, 5) is 17.7. The molecular weight excluding hydrogens is 439 g/mol. The Kier molecular flexibility index (Phi) is 6.19. The number of amides is 1. The van der Waals surface area contributed by atoms with Gasteiger partial charge in [-0.25, -0.2) is 9.37 Å². The van der Waals surface area contributed by atoms with Gasteiger partial charge in [0.25, 0.3) is 0 Å². The van der Waals surface area contributed by atoms with E-state index in [1.165, 1.54) is 11.5 Å². The minimum atomic E-state index is -0.258. The molecule has 35 heavy (non-hydrogen) atoms. The molecule has 176 valence electrons. The lowest BCUT2D eigenvalue weighted by Crippen LogP contribution is -2.30. The molecular formula is C29H27FN4O. The Balaban J connectivity index is 1.31. The van der Waals surface area contributed by atoms with E-state index in [2.05, 4.69) is 28.8 Å². The van der Waals surface area contributed by atoms with Crippen molar-refractivity contribution in [1.82, 2.24) is 14.7 Å². The van der Waals surface area contributed by atoms with Crippen LogP contribution < -0.4 is 10.6 Å². The van der Waals surface area contributed by atoms with Crippen molar-refractivity contribution in [3.63, 3.8) is 0 Å². The van der Waals surface area contributed by atoms with E-state index in [0.29, 0.717) is 24.3 Å². The van der Waals surface area contributed by atoms with E-state index in [1.807, 2.05) is 53.9 Å². The number of halogens is 1. The minimum absolute atomic E-state index is 0.0897. The van der Waals surface area contributed by atoms with Crippen LogP contribution >= 0.6 is 0 Å². The maximum absolute atomic E-state index is 13.9. The first-order valence-corrected chi connectivity index (χ1v) is 11.7. The van der Waals surface area contributed by atoms with Crippen molar-refractivity contribution in [2.75, 3.05) is 18.4 Å². The highest BCUT2D eigenvalue weighted by molar-refractivity contribution is 5.93. The van der Waals surface area contributed by atoms with E-state index < -0.39 is 0 Å². The number of hydrogen-bond acceptors (Lipinski definition) is 3. The average Bonchev–Trinajstić information content (AvgIpc) is 3.21. The van der Waals surface area contributed by atoms with Crippen LogP contribution in [0.25, 0.3) is 27.7 Å². The second-order valence-corrected chi connectivity index (χ2v) is 8.79. The number of anilines is 1. The van der Waals surface area contributed by atoms with Crippen LogP contribution in [0.15, 0.2) is 79.0 Å². The zero-order chi connectivity index (χ0) is 24.4. The van der Waals surface area contributed by atoms with E-state index in [9.17, 15) is 9.18 Å². The number of pyridine rings is 1. The number of benzene rings is 3. The lowest BCUT2D eigenvalue weighted by molar-refractivity contribution is -0.120. The average molecular weight is 467 g/mol. The summed E-state index contributed by atoms with van der Waals surface area (Å²) in [6.45, 7) is 4.83. The molecule has 0 spiro atoms. The number of rotatable bonds is 7. The summed E-state index contributed by atoms with van der Waals surface area (Å²) >= 11 is 0. The highest BCUT2D eigenvalue weighted by Crippen LogP contribution is 2.27. The molecule has 5 aromatic rings. The van der Waals surface area contributed by atoms with Crippen molar-refractivity contribution in [3.05, 3.63) is 102 Å². The molecule has 2 N–H and O–H groups in total. The summed E-state index contributed by atoms with van der Waals surface area (Å²) in [5.74, 6) is -0.348. The van der Waals surface area contributed by atoms with Gasteiger partial charge in [0.15, 0.2) is 0 Å². The predicted octanol–water partition coefficient (Wildman–Crippen LogP) is 5.68. The third-order valence-corrected chi connectivity index (χ3v) is 6.18. The molecule has 1 amide bonds. The molecule has 0 saturated heterocycles. The Morgan fingerprint density at radius 3 is 2.66 bits per heavy atom. The molecule has 0 bridgehead atoms. The number of nitrogens with zero attached hydrogens (tertiary/aromatic N) is 2. The van der Waals surface area contributed by atoms with Crippen LogP contribution in [0, 0.1) is 19.7 Å². The smallest absolute Gasteiger partial charge is 0.226 e. The van der Waals surface area contributed by atoms with Gasteiger partial charge in [-0.3, -0.25) is 4.79 Å². The molecule has 2 heterocycles. The molecule has 3 aromatic carbocycles. The second kappa shape index (κ2) is 9.58. The van der Waals surface area contributed by atoms with Gasteiger partial charge in [-0.15, -0.1) is 0 Å². The number of aromatic nitrogens is 2. The fourth-order valence-electron chi connectivity index (χ4n) is 4.38. The minimum Gasteiger partial charge on any atom is -0.383 e. The second-order valence-electron chi connectivity index (χ2n) is 8.79. The Bertz CT molecular complexity index is 1530. The van der Waals surface area contributed by atoms with Crippen molar-refractivity contribution in [3.8, 4) is 11.3 Å². The largest absolute Gasteiger partial charge is 0.383 e. The molecule has 0 fully saturated rings.